The van der Waals surface area contributed by atoms with Crippen molar-refractivity contribution in [2.24, 2.45) is 11.3 Å². The number of fused-ring (bicyclic) bond motifs is 1. The minimum Gasteiger partial charge on any atom is -0.497 e. The van der Waals surface area contributed by atoms with E-state index in [1.807, 2.05) is 6.92 Å². The maximum Gasteiger partial charge on any atom is 0.323 e. The maximum atomic E-state index is 13.7. The second-order valence-electron chi connectivity index (χ2n) is 11.2. The molecule has 1 aliphatic carbocycles. The second-order valence-corrected chi connectivity index (χ2v) is 16.0. The zero-order valence-electron chi connectivity index (χ0n) is 21.0. The van der Waals surface area contributed by atoms with E-state index >= 15 is 0 Å². The summed E-state index contributed by atoms with van der Waals surface area (Å²) in [5, 5.41) is 9.65. The predicted molar refractivity (Wildman–Crippen MR) is 131 cm³/mol. The monoisotopic (exact) mass is 474 g/mol. The van der Waals surface area contributed by atoms with Crippen molar-refractivity contribution < 1.29 is 23.9 Å². The molecule has 1 N–H and O–H groups in total. The van der Waals surface area contributed by atoms with Crippen molar-refractivity contribution in [2.45, 2.75) is 78.1 Å². The van der Waals surface area contributed by atoms with Gasteiger partial charge in [-0.1, -0.05) is 27.7 Å². The number of hydrogen-bond acceptors (Lipinski definition) is 5. The summed E-state index contributed by atoms with van der Waals surface area (Å²) in [6.45, 7) is 13.7. The van der Waals surface area contributed by atoms with E-state index in [9.17, 15) is 14.7 Å². The van der Waals surface area contributed by atoms with E-state index in [2.05, 4.69) is 38.8 Å². The molecule has 0 radical (unpaired) electrons. The van der Waals surface area contributed by atoms with Crippen molar-refractivity contribution in [1.82, 2.24) is 9.55 Å². The number of imidazole rings is 1. The molecule has 7 nitrogen and oxygen atoms in total. The van der Waals surface area contributed by atoms with Crippen LogP contribution in [-0.4, -0.2) is 48.4 Å². The van der Waals surface area contributed by atoms with Crippen LogP contribution in [0.15, 0.2) is 18.2 Å². The lowest BCUT2D eigenvalue weighted by Crippen LogP contribution is -2.43. The molecule has 1 aliphatic rings. The standard InChI is InChI=1S/C25H38N2O5Si/c1-24(2,3)33(6,7)32-16-17-10-12-25(4,13-11-17)22(30)23-26-19-9-8-18(31-5)14-20(19)27(23)15-21(28)29/h8-9,14,17H,10-13,15-16H2,1-7H3,(H,28,29). The van der Waals surface area contributed by atoms with Crippen molar-refractivity contribution in [3.05, 3.63) is 24.0 Å². The van der Waals surface area contributed by atoms with Crippen molar-refractivity contribution in [3.8, 4) is 5.75 Å². The van der Waals surface area contributed by atoms with Crippen molar-refractivity contribution in [1.29, 1.82) is 0 Å². The van der Waals surface area contributed by atoms with Crippen LogP contribution in [0.1, 0.15) is 64.0 Å². The summed E-state index contributed by atoms with van der Waals surface area (Å²) in [4.78, 5) is 29.8. The van der Waals surface area contributed by atoms with Crippen molar-refractivity contribution >= 4 is 31.1 Å². The van der Waals surface area contributed by atoms with Gasteiger partial charge < -0.3 is 18.8 Å². The van der Waals surface area contributed by atoms with Crippen LogP contribution >= 0.6 is 0 Å². The Kier molecular flexibility index (Phi) is 7.10. The van der Waals surface area contributed by atoms with Crippen molar-refractivity contribution in [3.63, 3.8) is 0 Å². The van der Waals surface area contributed by atoms with Crippen LogP contribution in [0, 0.1) is 11.3 Å². The average molecular weight is 475 g/mol. The molecule has 0 aliphatic heterocycles. The topological polar surface area (TPSA) is 90.7 Å². The molecule has 1 aromatic carbocycles. The number of benzene rings is 1. The Morgan fingerprint density at radius 2 is 1.88 bits per heavy atom. The lowest BCUT2D eigenvalue weighted by atomic mass is 9.69. The lowest BCUT2D eigenvalue weighted by Gasteiger charge is -2.40. The highest BCUT2D eigenvalue weighted by atomic mass is 28.4. The summed E-state index contributed by atoms with van der Waals surface area (Å²) in [7, 11) is -0.240. The minimum absolute atomic E-state index is 0.0809. The van der Waals surface area contributed by atoms with E-state index < -0.39 is 19.7 Å². The normalized spacial score (nSPS) is 21.8. The third-order valence-electron chi connectivity index (χ3n) is 7.69. The third-order valence-corrected chi connectivity index (χ3v) is 12.2. The first-order chi connectivity index (χ1) is 15.3. The molecule has 1 saturated carbocycles. The van der Waals surface area contributed by atoms with E-state index in [1.165, 1.54) is 4.57 Å². The lowest BCUT2D eigenvalue weighted by molar-refractivity contribution is -0.137. The largest absolute Gasteiger partial charge is 0.497 e. The van der Waals surface area contributed by atoms with Crippen LogP contribution in [-0.2, 0) is 15.8 Å². The van der Waals surface area contributed by atoms with Crippen LogP contribution in [0.25, 0.3) is 11.0 Å². The maximum absolute atomic E-state index is 13.7. The van der Waals surface area contributed by atoms with E-state index in [1.54, 1.807) is 25.3 Å². The fourth-order valence-corrected chi connectivity index (χ4v) is 5.30. The van der Waals surface area contributed by atoms with Gasteiger partial charge in [0.15, 0.2) is 14.1 Å². The predicted octanol–water partition coefficient (Wildman–Crippen LogP) is 5.53. The summed E-state index contributed by atoms with van der Waals surface area (Å²) >= 11 is 0. The van der Waals surface area contributed by atoms with Gasteiger partial charge in [-0.05, 0) is 61.9 Å². The van der Waals surface area contributed by atoms with Crippen LogP contribution in [0.3, 0.4) is 0 Å². The number of ketones is 1. The van der Waals surface area contributed by atoms with Crippen molar-refractivity contribution in [2.75, 3.05) is 13.7 Å². The Morgan fingerprint density at radius 3 is 2.42 bits per heavy atom. The molecule has 8 heteroatoms. The number of rotatable bonds is 8. The van der Waals surface area contributed by atoms with Gasteiger partial charge in [-0.15, -0.1) is 0 Å². The number of carboxylic acid groups (broad SMARTS) is 1. The molecule has 0 amide bonds. The number of carbonyl (C=O) groups excluding carboxylic acids is 1. The van der Waals surface area contributed by atoms with Crippen LogP contribution in [0.5, 0.6) is 5.75 Å². The van der Waals surface area contributed by atoms with Gasteiger partial charge >= 0.3 is 5.97 Å². The molecule has 1 fully saturated rings. The van der Waals surface area contributed by atoms with Gasteiger partial charge in [-0.2, -0.15) is 0 Å². The van der Waals surface area contributed by atoms with E-state index in [-0.39, 0.29) is 23.2 Å². The van der Waals surface area contributed by atoms with E-state index in [0.29, 0.717) is 22.7 Å². The first-order valence-electron chi connectivity index (χ1n) is 11.7. The van der Waals surface area contributed by atoms with Gasteiger partial charge in [0.1, 0.15) is 12.3 Å². The zero-order valence-corrected chi connectivity index (χ0v) is 22.0. The summed E-state index contributed by atoms with van der Waals surface area (Å²) in [5.74, 6) is 0.174. The fourth-order valence-electron chi connectivity index (χ4n) is 4.22. The Labute approximate surface area is 197 Å². The smallest absolute Gasteiger partial charge is 0.323 e. The summed E-state index contributed by atoms with van der Waals surface area (Å²) in [5.41, 5.74) is 0.635. The Morgan fingerprint density at radius 1 is 1.24 bits per heavy atom. The number of carboxylic acids is 1. The number of aromatic nitrogens is 2. The Bertz CT molecular complexity index is 1030. The average Bonchev–Trinajstić information content (AvgIpc) is 3.08. The van der Waals surface area contributed by atoms with Gasteiger partial charge in [0.05, 0.1) is 18.1 Å². The molecule has 3 rings (SSSR count). The SMILES string of the molecule is COc1ccc2nc(C(=O)C3(C)CCC(CO[Si](C)(C)C(C)(C)C)CC3)n(CC(=O)O)c2c1. The molecule has 1 aromatic heterocycles. The Hall–Kier alpha value is -2.19. The number of methoxy groups -OCH3 is 1. The molecule has 2 aromatic rings. The van der Waals surface area contributed by atoms with E-state index in [4.69, 9.17) is 9.16 Å². The third kappa shape index (κ3) is 5.32. The quantitative estimate of drug-likeness (QED) is 0.399. The van der Waals surface area contributed by atoms with Gasteiger partial charge in [-0.3, -0.25) is 9.59 Å². The summed E-state index contributed by atoms with van der Waals surface area (Å²) in [6, 6.07) is 5.27. The molecule has 0 atom stereocenters. The minimum atomic E-state index is -1.80. The van der Waals surface area contributed by atoms with Gasteiger partial charge in [0.2, 0.25) is 5.78 Å². The van der Waals surface area contributed by atoms with E-state index in [0.717, 1.165) is 32.3 Å². The fraction of sp³-hybridized carbons (Fsp3) is 0.640. The number of Topliss-reactive ketones (excluding diaryl/α,β-unsaturated/α-hetero) is 1. The molecule has 0 saturated heterocycles. The molecule has 182 valence electrons. The number of aliphatic carboxylic acids is 1. The first-order valence-corrected chi connectivity index (χ1v) is 14.6. The van der Waals surface area contributed by atoms with Gasteiger partial charge in [0.25, 0.3) is 0 Å². The highest BCUT2D eigenvalue weighted by Crippen LogP contribution is 2.43. The van der Waals surface area contributed by atoms with Crippen LogP contribution < -0.4 is 4.74 Å². The molecular weight excluding hydrogens is 436 g/mol. The number of ether oxygens (including phenoxy) is 1. The second kappa shape index (κ2) is 9.22. The zero-order chi connectivity index (χ0) is 24.6. The first kappa shape index (κ1) is 25.4. The highest BCUT2D eigenvalue weighted by molar-refractivity contribution is 6.74. The molecule has 33 heavy (non-hydrogen) atoms. The number of hydrogen-bond donors (Lipinski definition) is 1. The van der Waals surface area contributed by atoms with Crippen LogP contribution in [0.2, 0.25) is 18.1 Å². The van der Waals surface area contributed by atoms with Gasteiger partial charge in [0, 0.05) is 18.1 Å². The molecule has 0 unspecified atom stereocenters. The number of nitrogens with zero attached hydrogens (tertiary/aromatic N) is 2. The molecule has 1 heterocycles. The molecular formula is C25H38N2O5Si. The highest BCUT2D eigenvalue weighted by Gasteiger charge is 2.42. The Balaban J connectivity index is 1.78. The summed E-state index contributed by atoms with van der Waals surface area (Å²) in [6.07, 6.45) is 3.33. The molecule has 0 bridgehead atoms. The molecule has 0 spiro atoms. The summed E-state index contributed by atoms with van der Waals surface area (Å²) < 4.78 is 13.2. The number of carbonyl (C=O) groups is 2. The van der Waals surface area contributed by atoms with Crippen LogP contribution in [0.4, 0.5) is 0 Å². The van der Waals surface area contributed by atoms with Gasteiger partial charge in [-0.25, -0.2) is 4.98 Å².